The van der Waals surface area contributed by atoms with Gasteiger partial charge in [0, 0.05) is 0 Å². The molecule has 0 aliphatic heterocycles. The summed E-state index contributed by atoms with van der Waals surface area (Å²) in [5.74, 6) is 0.303. The van der Waals surface area contributed by atoms with E-state index in [9.17, 15) is 0 Å². The molecule has 0 saturated carbocycles. The Bertz CT molecular complexity index is 1030. The van der Waals surface area contributed by atoms with Gasteiger partial charge in [-0.25, -0.2) is 0 Å². The van der Waals surface area contributed by atoms with Gasteiger partial charge in [-0.05, 0) is 0 Å². The number of halogens is 2. The first kappa shape index (κ1) is 20.8. The molecule has 0 bridgehead atoms. The SMILES string of the molecule is COc1cccc(F)c1CP(Br)(c1ccccc1)(c1ccccc1)c1ccccc1. The van der Waals surface area contributed by atoms with E-state index in [0.717, 1.165) is 15.9 Å². The Hall–Kier alpha value is -2.48. The molecule has 30 heavy (non-hydrogen) atoms. The Morgan fingerprint density at radius 3 is 1.50 bits per heavy atom. The summed E-state index contributed by atoms with van der Waals surface area (Å²) in [6.45, 7) is 0. The molecule has 0 aromatic heterocycles. The van der Waals surface area contributed by atoms with Crippen molar-refractivity contribution in [3.8, 4) is 5.75 Å². The predicted molar refractivity (Wildman–Crippen MR) is 131 cm³/mol. The van der Waals surface area contributed by atoms with Crippen LogP contribution in [0.3, 0.4) is 0 Å². The summed E-state index contributed by atoms with van der Waals surface area (Å²) in [5, 5.41) is 0.163. The molecule has 4 aromatic carbocycles. The van der Waals surface area contributed by atoms with Crippen LogP contribution in [0.25, 0.3) is 0 Å². The van der Waals surface area contributed by atoms with Crippen LogP contribution in [0.5, 0.6) is 5.75 Å². The van der Waals surface area contributed by atoms with Gasteiger partial charge in [0.2, 0.25) is 0 Å². The summed E-state index contributed by atoms with van der Waals surface area (Å²) >= 11 is 4.36. The molecule has 0 N–H and O–H groups in total. The molecule has 0 aliphatic rings. The van der Waals surface area contributed by atoms with Crippen molar-refractivity contribution in [3.63, 3.8) is 0 Å². The molecule has 0 atom stereocenters. The topological polar surface area (TPSA) is 9.23 Å². The van der Waals surface area contributed by atoms with Crippen molar-refractivity contribution in [3.05, 3.63) is 121 Å². The molecule has 0 unspecified atom stereocenters. The first-order valence-corrected chi connectivity index (χ1v) is 14.2. The van der Waals surface area contributed by atoms with Crippen LogP contribution in [0.15, 0.2) is 109 Å². The summed E-state index contributed by atoms with van der Waals surface area (Å²) in [6.07, 6.45) is 0.458. The van der Waals surface area contributed by atoms with Crippen molar-refractivity contribution >= 4 is 36.7 Å². The van der Waals surface area contributed by atoms with Gasteiger partial charge in [-0.2, -0.15) is 0 Å². The minimum atomic E-state index is -3.27. The van der Waals surface area contributed by atoms with Gasteiger partial charge in [0.25, 0.3) is 0 Å². The van der Waals surface area contributed by atoms with Gasteiger partial charge in [0.15, 0.2) is 0 Å². The summed E-state index contributed by atoms with van der Waals surface area (Å²) in [4.78, 5) is 0. The van der Waals surface area contributed by atoms with Gasteiger partial charge in [-0.1, -0.05) is 0 Å². The molecular formula is C26H23BrFOP. The molecule has 0 fully saturated rings. The van der Waals surface area contributed by atoms with E-state index in [2.05, 4.69) is 51.9 Å². The fourth-order valence-corrected chi connectivity index (χ4v) is 11.7. The Kier molecular flexibility index (Phi) is 5.77. The van der Waals surface area contributed by atoms with E-state index < -0.39 is 5.31 Å². The second-order valence-corrected chi connectivity index (χ2v) is 16.2. The van der Waals surface area contributed by atoms with Crippen LogP contribution in [0.1, 0.15) is 5.56 Å². The maximum atomic E-state index is 15.2. The number of ether oxygens (including phenoxy) is 1. The van der Waals surface area contributed by atoms with Crippen LogP contribution in [-0.4, -0.2) is 7.11 Å². The van der Waals surface area contributed by atoms with E-state index in [1.807, 2.05) is 60.7 Å². The van der Waals surface area contributed by atoms with E-state index in [1.165, 1.54) is 6.07 Å². The van der Waals surface area contributed by atoms with Crippen molar-refractivity contribution in [2.45, 2.75) is 6.16 Å². The molecule has 152 valence electrons. The molecule has 0 aliphatic carbocycles. The van der Waals surface area contributed by atoms with E-state index in [-0.39, 0.29) is 5.82 Å². The normalized spacial score (nSPS) is 12.7. The van der Waals surface area contributed by atoms with Crippen molar-refractivity contribution in [2.24, 2.45) is 0 Å². The van der Waals surface area contributed by atoms with Gasteiger partial charge >= 0.3 is 185 Å². The minimum absolute atomic E-state index is 0.259. The number of hydrogen-bond acceptors (Lipinski definition) is 1. The molecule has 0 heterocycles. The third kappa shape index (κ3) is 3.37. The van der Waals surface area contributed by atoms with Gasteiger partial charge in [-0.3, -0.25) is 0 Å². The third-order valence-electron chi connectivity index (χ3n) is 5.63. The molecule has 4 rings (SSSR count). The fourth-order valence-electron chi connectivity index (χ4n) is 4.12. The molecular weight excluding hydrogens is 458 g/mol. The Morgan fingerprint density at radius 1 is 0.667 bits per heavy atom. The second kappa shape index (κ2) is 8.34. The number of rotatable bonds is 6. The average molecular weight is 481 g/mol. The zero-order valence-corrected chi connectivity index (χ0v) is 19.2. The van der Waals surface area contributed by atoms with E-state index >= 15 is 4.39 Å². The molecule has 1 nitrogen and oxygen atoms in total. The van der Waals surface area contributed by atoms with Crippen molar-refractivity contribution in [1.29, 1.82) is 0 Å². The van der Waals surface area contributed by atoms with Crippen LogP contribution in [0, 0.1) is 5.82 Å². The maximum absolute atomic E-state index is 15.2. The summed E-state index contributed by atoms with van der Waals surface area (Å²) < 4.78 is 20.8. The van der Waals surface area contributed by atoms with E-state index in [4.69, 9.17) is 4.74 Å². The summed E-state index contributed by atoms with van der Waals surface area (Å²) in [7, 11) is 1.59. The molecule has 0 spiro atoms. The van der Waals surface area contributed by atoms with Crippen molar-refractivity contribution in [1.82, 2.24) is 0 Å². The molecule has 0 radical (unpaired) electrons. The van der Waals surface area contributed by atoms with Gasteiger partial charge in [0.05, 0.1) is 0 Å². The Morgan fingerprint density at radius 2 is 1.10 bits per heavy atom. The van der Waals surface area contributed by atoms with E-state index in [1.54, 1.807) is 13.2 Å². The number of hydrogen-bond donors (Lipinski definition) is 0. The molecule has 0 amide bonds. The fraction of sp³-hybridized carbons (Fsp3) is 0.0769. The molecule has 4 aromatic rings. The van der Waals surface area contributed by atoms with Crippen LogP contribution in [0.4, 0.5) is 4.39 Å². The summed E-state index contributed by atoms with van der Waals surface area (Å²) in [6, 6.07) is 36.2. The summed E-state index contributed by atoms with van der Waals surface area (Å²) in [5.41, 5.74) is 0.575. The first-order valence-electron chi connectivity index (χ1n) is 9.79. The Labute approximate surface area is 185 Å². The van der Waals surface area contributed by atoms with Crippen LogP contribution >= 0.6 is 20.8 Å². The standard InChI is InChI=1S/C26H23BrFOP/c1-29-26-19-11-18-25(28)24(26)20-30(27,21-12-5-2-6-13-21,22-14-7-3-8-15-22)23-16-9-4-10-17-23/h2-19H,20H2,1H3. The predicted octanol–water partition coefficient (Wildman–Crippen LogP) is 6.17. The molecule has 0 saturated heterocycles. The average Bonchev–Trinajstić information content (AvgIpc) is 2.82. The third-order valence-corrected chi connectivity index (χ3v) is 15.1. The Balaban J connectivity index is 2.13. The first-order chi connectivity index (χ1) is 14.6. The second-order valence-electron chi connectivity index (χ2n) is 7.27. The quantitative estimate of drug-likeness (QED) is 0.299. The van der Waals surface area contributed by atoms with E-state index in [0.29, 0.717) is 17.5 Å². The monoisotopic (exact) mass is 480 g/mol. The van der Waals surface area contributed by atoms with Gasteiger partial charge < -0.3 is 0 Å². The van der Waals surface area contributed by atoms with Crippen LogP contribution in [0.2, 0.25) is 0 Å². The van der Waals surface area contributed by atoms with Crippen LogP contribution < -0.4 is 20.7 Å². The van der Waals surface area contributed by atoms with Crippen molar-refractivity contribution in [2.75, 3.05) is 7.11 Å². The van der Waals surface area contributed by atoms with Gasteiger partial charge in [0.1, 0.15) is 0 Å². The van der Waals surface area contributed by atoms with Crippen molar-refractivity contribution < 1.29 is 9.13 Å². The van der Waals surface area contributed by atoms with Crippen LogP contribution in [-0.2, 0) is 6.16 Å². The number of methoxy groups -OCH3 is 1. The molecule has 4 heteroatoms. The van der Waals surface area contributed by atoms with Gasteiger partial charge in [-0.15, -0.1) is 0 Å². The zero-order valence-electron chi connectivity index (χ0n) is 16.7. The zero-order chi connectivity index (χ0) is 21.1. The number of benzene rings is 4.